The van der Waals surface area contributed by atoms with Gasteiger partial charge >= 0.3 is 11.9 Å². The summed E-state index contributed by atoms with van der Waals surface area (Å²) in [5, 5.41) is 46.4. The third-order valence-electron chi connectivity index (χ3n) is 6.35. The second-order valence-corrected chi connectivity index (χ2v) is 12.3. The molecule has 0 radical (unpaired) electrons. The number of nitrogen functional groups attached to an aromatic ring is 2. The number of phenolic OH excluding ortho intramolecular Hbond substituents is 2. The number of carbonyl (C=O) groups is 4. The van der Waals surface area contributed by atoms with Crippen LogP contribution in [0.3, 0.4) is 0 Å². The van der Waals surface area contributed by atoms with Crippen molar-refractivity contribution in [3.63, 3.8) is 0 Å². The molecule has 234 valence electrons. The maximum absolute atomic E-state index is 13.4. The molecule has 1 fully saturated rings. The molecule has 0 bridgehead atoms. The van der Waals surface area contributed by atoms with E-state index in [-0.39, 0.29) is 39.4 Å². The maximum Gasteiger partial charge on any atom is 0.352 e. The molecular formula is C25H22N8O9S3. The number of β-lactam (4-membered cyclic amide) rings is 1. The molecule has 2 unspecified atom stereocenters. The summed E-state index contributed by atoms with van der Waals surface area (Å²) in [6.07, 6.45) is -0.534. The largest absolute Gasteiger partial charge is 0.504 e. The highest BCUT2D eigenvalue weighted by Crippen LogP contribution is 2.41. The van der Waals surface area contributed by atoms with Gasteiger partial charge in [0.25, 0.3) is 11.8 Å². The van der Waals surface area contributed by atoms with Crippen molar-refractivity contribution in [1.29, 1.82) is 0 Å². The molecule has 3 aromatic rings. The molecule has 2 aliphatic rings. The maximum atomic E-state index is 13.4. The van der Waals surface area contributed by atoms with E-state index in [9.17, 15) is 39.6 Å². The molecule has 20 heteroatoms. The molecule has 0 saturated carbocycles. The van der Waals surface area contributed by atoms with Crippen molar-refractivity contribution in [2.75, 3.05) is 23.0 Å². The van der Waals surface area contributed by atoms with Gasteiger partial charge in [-0.15, -0.1) is 34.9 Å². The summed E-state index contributed by atoms with van der Waals surface area (Å²) in [4.78, 5) is 68.9. The van der Waals surface area contributed by atoms with Crippen LogP contribution in [0.2, 0.25) is 0 Å². The van der Waals surface area contributed by atoms with Crippen LogP contribution in [0.4, 0.5) is 10.9 Å². The van der Waals surface area contributed by atoms with Gasteiger partial charge in [-0.25, -0.2) is 24.5 Å². The minimum absolute atomic E-state index is 0.0590. The fourth-order valence-corrected chi connectivity index (χ4v) is 7.17. The number of carbonyl (C=O) groups excluding carboxylic acids is 2. The van der Waals surface area contributed by atoms with E-state index in [2.05, 4.69) is 25.4 Å². The van der Waals surface area contributed by atoms with Crippen molar-refractivity contribution in [3.05, 3.63) is 58.5 Å². The van der Waals surface area contributed by atoms with E-state index < -0.39 is 58.5 Å². The summed E-state index contributed by atoms with van der Waals surface area (Å²) < 4.78 is 0. The molecule has 2 aliphatic heterocycles. The SMILES string of the molecule is Nc1cc(SCC2=C(C(=O)O)N3C(=O)C(NC(=O)/C(=N\OC(C(=O)O)c4ccc(O)c(O)c4)c4csc(N)n4)[C@H]3SC2)ncn1. The number of carboxylic acids is 2. The summed E-state index contributed by atoms with van der Waals surface area (Å²) in [6, 6.07) is 3.56. The number of hydrogen-bond acceptors (Lipinski definition) is 16. The third kappa shape index (κ3) is 6.56. The number of carboxylic acid groups (broad SMARTS) is 2. The molecule has 4 heterocycles. The smallest absolute Gasteiger partial charge is 0.352 e. The standard InChI is InChI=1S/C25H22N8O9S3/c26-14-4-15(29-8-28-14)43-5-10-6-44-22-17(21(37)33(22)18(10)23(38)39)31-20(36)16(11-7-45-25(27)30-11)32-42-19(24(40)41)9-1-2-12(34)13(35)3-9/h1-4,7-8,17,19,22,34-35H,5-6H2,(H2,27,30)(H,31,36)(H,38,39)(H,40,41)(H2,26,28,29)/b32-16-/t17?,19?,22-/m1/s1. The normalized spacial score (nSPS) is 18.5. The predicted molar refractivity (Wildman–Crippen MR) is 161 cm³/mol. The lowest BCUT2D eigenvalue weighted by atomic mass is 10.0. The average molecular weight is 675 g/mol. The number of rotatable bonds is 11. The number of thioether (sulfide) groups is 2. The zero-order valence-electron chi connectivity index (χ0n) is 22.6. The molecule has 0 aliphatic carbocycles. The molecule has 5 rings (SSSR count). The number of thiazole rings is 1. The number of fused-ring (bicyclic) bond motifs is 1. The van der Waals surface area contributed by atoms with E-state index >= 15 is 0 Å². The van der Waals surface area contributed by atoms with Crippen LogP contribution >= 0.6 is 34.9 Å². The van der Waals surface area contributed by atoms with Gasteiger partial charge in [-0.1, -0.05) is 11.2 Å². The summed E-state index contributed by atoms with van der Waals surface area (Å²) in [5.74, 6) is -4.91. The van der Waals surface area contributed by atoms with Crippen molar-refractivity contribution in [1.82, 2.24) is 25.2 Å². The van der Waals surface area contributed by atoms with Crippen molar-refractivity contribution >= 4 is 75.3 Å². The number of hydrogen-bond donors (Lipinski definition) is 7. The minimum atomic E-state index is -1.82. The topological polar surface area (TPSA) is 277 Å². The fourth-order valence-electron chi connectivity index (χ4n) is 4.26. The predicted octanol–water partition coefficient (Wildman–Crippen LogP) is 0.586. The van der Waals surface area contributed by atoms with Crippen molar-refractivity contribution in [2.45, 2.75) is 22.5 Å². The van der Waals surface area contributed by atoms with Crippen LogP contribution in [0.1, 0.15) is 17.4 Å². The Balaban J connectivity index is 1.35. The Kier molecular flexibility index (Phi) is 8.97. The number of nitrogens with one attached hydrogen (secondary N) is 1. The number of aromatic nitrogens is 3. The van der Waals surface area contributed by atoms with Crippen LogP contribution in [0, 0.1) is 0 Å². The summed E-state index contributed by atoms with van der Waals surface area (Å²) in [6.45, 7) is 0. The first-order chi connectivity index (χ1) is 21.4. The number of nitrogens with two attached hydrogens (primary N) is 2. The quantitative estimate of drug-likeness (QED) is 0.0366. The number of benzene rings is 1. The van der Waals surface area contributed by atoms with Gasteiger partial charge in [0.1, 0.15) is 40.0 Å². The number of anilines is 2. The van der Waals surface area contributed by atoms with Crippen LogP contribution < -0.4 is 16.8 Å². The first kappa shape index (κ1) is 31.3. The number of phenols is 2. The Morgan fingerprint density at radius 1 is 1.18 bits per heavy atom. The molecular weight excluding hydrogens is 653 g/mol. The van der Waals surface area contributed by atoms with Gasteiger partial charge in [-0.3, -0.25) is 14.5 Å². The van der Waals surface area contributed by atoms with Gasteiger partial charge in [-0.2, -0.15) is 0 Å². The lowest BCUT2D eigenvalue weighted by molar-refractivity contribution is -0.151. The van der Waals surface area contributed by atoms with Gasteiger partial charge < -0.3 is 42.0 Å². The first-order valence-electron chi connectivity index (χ1n) is 12.6. The van der Waals surface area contributed by atoms with Crippen LogP contribution in [-0.4, -0.2) is 92.7 Å². The number of nitrogens with zero attached hydrogens (tertiary/aromatic N) is 5. The fraction of sp³-hybridized carbons (Fsp3) is 0.200. The monoisotopic (exact) mass is 674 g/mol. The molecule has 3 atom stereocenters. The van der Waals surface area contributed by atoms with E-state index in [1.165, 1.54) is 47.4 Å². The third-order valence-corrected chi connectivity index (χ3v) is 9.37. The Morgan fingerprint density at radius 2 is 1.96 bits per heavy atom. The van der Waals surface area contributed by atoms with Gasteiger partial charge in [0.05, 0.1) is 0 Å². The van der Waals surface area contributed by atoms with E-state index in [1.807, 2.05) is 0 Å². The number of aromatic hydroxyl groups is 2. The lowest BCUT2D eigenvalue weighted by Crippen LogP contribution is -2.71. The highest BCUT2D eigenvalue weighted by molar-refractivity contribution is 8.01. The number of oxime groups is 1. The van der Waals surface area contributed by atoms with Crippen LogP contribution in [-0.2, 0) is 24.0 Å². The lowest BCUT2D eigenvalue weighted by Gasteiger charge is -2.49. The second kappa shape index (κ2) is 12.9. The van der Waals surface area contributed by atoms with Crippen molar-refractivity contribution < 1.29 is 44.4 Å². The van der Waals surface area contributed by atoms with Crippen molar-refractivity contribution in [2.24, 2.45) is 5.16 Å². The molecule has 1 aromatic carbocycles. The number of aliphatic carboxylic acids is 2. The molecule has 0 spiro atoms. The second-order valence-electron chi connectivity index (χ2n) is 9.27. The Labute approximate surface area is 265 Å². The van der Waals surface area contributed by atoms with E-state index in [1.54, 1.807) is 0 Å². The average Bonchev–Trinajstić information content (AvgIpc) is 3.43. The Morgan fingerprint density at radius 3 is 2.60 bits per heavy atom. The number of amides is 2. The zero-order valence-corrected chi connectivity index (χ0v) is 25.0. The molecule has 17 nitrogen and oxygen atoms in total. The van der Waals surface area contributed by atoms with Gasteiger partial charge in [0.2, 0.25) is 6.10 Å². The Bertz CT molecular complexity index is 1760. The molecule has 45 heavy (non-hydrogen) atoms. The summed E-state index contributed by atoms with van der Waals surface area (Å²) in [7, 11) is 0. The van der Waals surface area contributed by atoms with Gasteiger partial charge in [0, 0.05) is 28.5 Å². The highest BCUT2D eigenvalue weighted by Gasteiger charge is 2.54. The van der Waals surface area contributed by atoms with Crippen LogP contribution in [0.5, 0.6) is 11.5 Å². The minimum Gasteiger partial charge on any atom is -0.504 e. The molecule has 2 amide bonds. The van der Waals surface area contributed by atoms with Crippen LogP contribution in [0.25, 0.3) is 0 Å². The molecule has 1 saturated heterocycles. The zero-order chi connectivity index (χ0) is 32.4. The van der Waals surface area contributed by atoms with E-state index in [4.69, 9.17) is 16.3 Å². The summed E-state index contributed by atoms with van der Waals surface area (Å²) >= 11 is 3.43. The molecule has 9 N–H and O–H groups in total. The Hall–Kier alpha value is -5.08. The van der Waals surface area contributed by atoms with Gasteiger partial charge in [-0.05, 0) is 17.7 Å². The molecule has 2 aromatic heterocycles. The van der Waals surface area contributed by atoms with Crippen LogP contribution in [0.15, 0.2) is 57.4 Å². The van der Waals surface area contributed by atoms with E-state index in [0.717, 1.165) is 28.4 Å². The highest BCUT2D eigenvalue weighted by atomic mass is 32.2. The summed E-state index contributed by atoms with van der Waals surface area (Å²) in [5.41, 5.74) is 11.0. The first-order valence-corrected chi connectivity index (χ1v) is 15.5. The van der Waals surface area contributed by atoms with Gasteiger partial charge in [0.15, 0.2) is 22.3 Å². The van der Waals surface area contributed by atoms with Crippen molar-refractivity contribution in [3.8, 4) is 11.5 Å². The van der Waals surface area contributed by atoms with E-state index in [0.29, 0.717) is 10.6 Å².